The van der Waals surface area contributed by atoms with Gasteiger partial charge in [0.2, 0.25) is 0 Å². The normalized spacial score (nSPS) is 14.2. The van der Waals surface area contributed by atoms with Crippen molar-refractivity contribution in [3.05, 3.63) is 0 Å². The first-order valence-electron chi connectivity index (χ1n) is 6.13. The average molecular weight is 217 g/mol. The second-order valence-corrected chi connectivity index (χ2v) is 4.36. The smallest absolute Gasteiger partial charge is 0.0499 e. The molecule has 3 heteroatoms. The Morgan fingerprint density at radius 3 is 2.07 bits per heavy atom. The van der Waals surface area contributed by atoms with Crippen LogP contribution >= 0.6 is 0 Å². The molecule has 3 N–H and O–H groups in total. The molecule has 0 rings (SSSR count). The first-order valence-corrected chi connectivity index (χ1v) is 6.13. The van der Waals surface area contributed by atoms with Gasteiger partial charge in [-0.2, -0.15) is 0 Å². The predicted octanol–water partition coefficient (Wildman–Crippen LogP) is 1.54. The summed E-state index contributed by atoms with van der Waals surface area (Å²) in [5.41, 5.74) is 0.0167. The van der Waals surface area contributed by atoms with Crippen LogP contribution in [-0.2, 0) is 0 Å². The van der Waals surface area contributed by atoms with Gasteiger partial charge in [-0.05, 0) is 25.7 Å². The number of nitrogens with one attached hydrogen (secondary N) is 1. The molecule has 0 aliphatic rings. The van der Waals surface area contributed by atoms with Crippen molar-refractivity contribution >= 4 is 0 Å². The standard InChI is InChI=1S/C12H27NO2/c1-4-11(7-8-14)13-9-12(5-2,6-3)10-15/h11,13-15H,4-10H2,1-3H3. The summed E-state index contributed by atoms with van der Waals surface area (Å²) >= 11 is 0. The zero-order chi connectivity index (χ0) is 11.7. The van der Waals surface area contributed by atoms with Gasteiger partial charge in [-0.15, -0.1) is 0 Å². The minimum Gasteiger partial charge on any atom is -0.396 e. The van der Waals surface area contributed by atoms with Gasteiger partial charge in [-0.25, -0.2) is 0 Å². The Balaban J connectivity index is 4.06. The number of aliphatic hydroxyl groups excluding tert-OH is 2. The molecule has 1 atom stereocenters. The Hall–Kier alpha value is -0.120. The van der Waals surface area contributed by atoms with Crippen molar-refractivity contribution in [3.63, 3.8) is 0 Å². The minimum atomic E-state index is 0.0167. The largest absolute Gasteiger partial charge is 0.396 e. The summed E-state index contributed by atoms with van der Waals surface area (Å²) in [6, 6.07) is 0.374. The van der Waals surface area contributed by atoms with Gasteiger partial charge < -0.3 is 15.5 Å². The molecule has 0 fully saturated rings. The average Bonchev–Trinajstić information content (AvgIpc) is 2.30. The summed E-state index contributed by atoms with van der Waals surface area (Å²) < 4.78 is 0. The summed E-state index contributed by atoms with van der Waals surface area (Å²) in [6.07, 6.45) is 3.80. The highest BCUT2D eigenvalue weighted by Crippen LogP contribution is 2.24. The molecule has 0 bridgehead atoms. The molecule has 0 amide bonds. The molecule has 0 saturated carbocycles. The van der Waals surface area contributed by atoms with Crippen molar-refractivity contribution in [1.29, 1.82) is 0 Å². The Morgan fingerprint density at radius 1 is 1.13 bits per heavy atom. The van der Waals surface area contributed by atoms with Crippen LogP contribution in [0.2, 0.25) is 0 Å². The van der Waals surface area contributed by atoms with E-state index in [1.807, 2.05) is 0 Å². The molecule has 0 heterocycles. The fraction of sp³-hybridized carbons (Fsp3) is 1.00. The van der Waals surface area contributed by atoms with E-state index in [9.17, 15) is 5.11 Å². The molecule has 3 nitrogen and oxygen atoms in total. The van der Waals surface area contributed by atoms with Crippen molar-refractivity contribution in [2.24, 2.45) is 5.41 Å². The van der Waals surface area contributed by atoms with Crippen LogP contribution < -0.4 is 5.32 Å². The summed E-state index contributed by atoms with van der Waals surface area (Å²) in [6.45, 7) is 7.67. The molecule has 0 aliphatic heterocycles. The molecule has 1 unspecified atom stereocenters. The molecular weight excluding hydrogens is 190 g/mol. The van der Waals surface area contributed by atoms with Gasteiger partial charge >= 0.3 is 0 Å². The summed E-state index contributed by atoms with van der Waals surface area (Å²) in [5.74, 6) is 0. The lowest BCUT2D eigenvalue weighted by Gasteiger charge is -2.31. The van der Waals surface area contributed by atoms with E-state index in [4.69, 9.17) is 5.11 Å². The van der Waals surface area contributed by atoms with Gasteiger partial charge in [0.1, 0.15) is 0 Å². The highest BCUT2D eigenvalue weighted by atomic mass is 16.3. The van der Waals surface area contributed by atoms with Crippen molar-refractivity contribution in [2.45, 2.75) is 52.5 Å². The van der Waals surface area contributed by atoms with Crippen LogP contribution in [-0.4, -0.2) is 36.0 Å². The molecule has 0 aromatic carbocycles. The van der Waals surface area contributed by atoms with Crippen LogP contribution in [0.5, 0.6) is 0 Å². The Kier molecular flexibility index (Phi) is 8.02. The van der Waals surface area contributed by atoms with Gasteiger partial charge in [0, 0.05) is 31.2 Å². The zero-order valence-corrected chi connectivity index (χ0v) is 10.4. The molecule has 92 valence electrons. The van der Waals surface area contributed by atoms with Crippen molar-refractivity contribution in [2.75, 3.05) is 19.8 Å². The van der Waals surface area contributed by atoms with E-state index >= 15 is 0 Å². The van der Waals surface area contributed by atoms with E-state index in [2.05, 4.69) is 26.1 Å². The number of hydrogen-bond donors (Lipinski definition) is 3. The van der Waals surface area contributed by atoms with E-state index in [0.717, 1.165) is 32.2 Å². The van der Waals surface area contributed by atoms with Gasteiger partial charge in [0.15, 0.2) is 0 Å². The molecule has 0 aromatic heterocycles. The maximum absolute atomic E-state index is 9.40. The quantitative estimate of drug-likeness (QED) is 0.549. The van der Waals surface area contributed by atoms with Crippen molar-refractivity contribution in [1.82, 2.24) is 5.32 Å². The predicted molar refractivity (Wildman–Crippen MR) is 63.9 cm³/mol. The van der Waals surface area contributed by atoms with Crippen LogP contribution in [0.25, 0.3) is 0 Å². The Morgan fingerprint density at radius 2 is 1.73 bits per heavy atom. The second-order valence-electron chi connectivity index (χ2n) is 4.36. The summed E-state index contributed by atoms with van der Waals surface area (Å²) in [5, 5.41) is 21.7. The van der Waals surface area contributed by atoms with Crippen LogP contribution in [0.15, 0.2) is 0 Å². The van der Waals surface area contributed by atoms with Crippen LogP contribution in [0.3, 0.4) is 0 Å². The SMILES string of the molecule is CCC(CCO)NCC(CC)(CC)CO. The van der Waals surface area contributed by atoms with E-state index < -0.39 is 0 Å². The van der Waals surface area contributed by atoms with Gasteiger partial charge in [0.05, 0.1) is 0 Å². The number of hydrogen-bond acceptors (Lipinski definition) is 3. The maximum atomic E-state index is 9.40. The Bertz CT molecular complexity index is 138. The van der Waals surface area contributed by atoms with Crippen molar-refractivity contribution in [3.8, 4) is 0 Å². The van der Waals surface area contributed by atoms with Crippen LogP contribution in [0, 0.1) is 5.41 Å². The van der Waals surface area contributed by atoms with Gasteiger partial charge in [-0.1, -0.05) is 20.8 Å². The van der Waals surface area contributed by atoms with Crippen molar-refractivity contribution < 1.29 is 10.2 Å². The lowest BCUT2D eigenvalue weighted by atomic mass is 9.83. The number of rotatable bonds is 9. The third kappa shape index (κ3) is 4.96. The van der Waals surface area contributed by atoms with Crippen LogP contribution in [0.1, 0.15) is 46.5 Å². The third-order valence-electron chi connectivity index (χ3n) is 3.57. The first kappa shape index (κ1) is 14.9. The highest BCUT2D eigenvalue weighted by molar-refractivity contribution is 4.80. The lowest BCUT2D eigenvalue weighted by molar-refractivity contribution is 0.107. The third-order valence-corrected chi connectivity index (χ3v) is 3.57. The zero-order valence-electron chi connectivity index (χ0n) is 10.4. The fourth-order valence-electron chi connectivity index (χ4n) is 1.75. The highest BCUT2D eigenvalue weighted by Gasteiger charge is 2.25. The fourth-order valence-corrected chi connectivity index (χ4v) is 1.75. The maximum Gasteiger partial charge on any atom is 0.0499 e. The molecule has 0 aliphatic carbocycles. The lowest BCUT2D eigenvalue weighted by Crippen LogP contribution is -2.41. The van der Waals surface area contributed by atoms with Gasteiger partial charge in [-0.3, -0.25) is 0 Å². The first-order chi connectivity index (χ1) is 7.17. The molecule has 0 saturated heterocycles. The van der Waals surface area contributed by atoms with Crippen LogP contribution in [0.4, 0.5) is 0 Å². The Labute approximate surface area is 93.9 Å². The van der Waals surface area contributed by atoms with Gasteiger partial charge in [0.25, 0.3) is 0 Å². The van der Waals surface area contributed by atoms with E-state index in [1.54, 1.807) is 0 Å². The van der Waals surface area contributed by atoms with E-state index in [1.165, 1.54) is 0 Å². The molecule has 0 aromatic rings. The molecule has 15 heavy (non-hydrogen) atoms. The topological polar surface area (TPSA) is 52.5 Å². The van der Waals surface area contributed by atoms with E-state index in [0.29, 0.717) is 6.04 Å². The minimum absolute atomic E-state index is 0.0167. The van der Waals surface area contributed by atoms with E-state index in [-0.39, 0.29) is 18.6 Å². The number of aliphatic hydroxyl groups is 2. The monoisotopic (exact) mass is 217 g/mol. The summed E-state index contributed by atoms with van der Waals surface area (Å²) in [4.78, 5) is 0. The molecule has 0 spiro atoms. The molecule has 0 radical (unpaired) electrons. The summed E-state index contributed by atoms with van der Waals surface area (Å²) in [7, 11) is 0. The second kappa shape index (κ2) is 8.08. The molecular formula is C12H27NO2.